The lowest BCUT2D eigenvalue weighted by Gasteiger charge is -2.35. The summed E-state index contributed by atoms with van der Waals surface area (Å²) in [5.74, 6) is -2.07. The summed E-state index contributed by atoms with van der Waals surface area (Å²) in [6.07, 6.45) is 1.57. The Kier molecular flexibility index (Phi) is 14.3. The van der Waals surface area contributed by atoms with Crippen molar-refractivity contribution in [3.05, 3.63) is 87.9 Å². The number of benzene rings is 2. The molecule has 0 saturated carbocycles. The number of ether oxygens (including phenoxy) is 1. The molecule has 4 rings (SSSR count). The van der Waals surface area contributed by atoms with Gasteiger partial charge in [0.1, 0.15) is 22.7 Å². The van der Waals surface area contributed by atoms with E-state index < -0.39 is 46.5 Å². The minimum Gasteiger partial charge on any atom is -0.361 e. The fraction of sp³-hybridized carbons (Fsp3) is 0.524. The Hall–Kier alpha value is -4.42. The van der Waals surface area contributed by atoms with E-state index in [4.69, 9.17) is 4.74 Å². The highest BCUT2D eigenvalue weighted by atomic mass is 32.1. The fourth-order valence-corrected chi connectivity index (χ4v) is 7.09. The Labute approximate surface area is 323 Å². The van der Waals surface area contributed by atoms with Crippen LogP contribution in [0.2, 0.25) is 0 Å². The summed E-state index contributed by atoms with van der Waals surface area (Å²) < 4.78 is 5.44. The summed E-state index contributed by atoms with van der Waals surface area (Å²) in [4.78, 5) is 74.3. The second kappa shape index (κ2) is 18.3. The van der Waals surface area contributed by atoms with E-state index in [1.807, 2.05) is 101 Å². The topological polar surface area (TPSA) is 159 Å². The molecule has 1 aliphatic rings. The third-order valence-corrected chi connectivity index (χ3v) is 10.6. The molecule has 0 radical (unpaired) electrons. The van der Waals surface area contributed by atoms with Gasteiger partial charge in [-0.2, -0.15) is 0 Å². The first-order valence-electron chi connectivity index (χ1n) is 18.8. The van der Waals surface area contributed by atoms with Gasteiger partial charge in [0.2, 0.25) is 23.6 Å². The lowest BCUT2D eigenvalue weighted by molar-refractivity contribution is -0.139. The van der Waals surface area contributed by atoms with Gasteiger partial charge in [-0.3, -0.25) is 24.0 Å². The molecule has 5 atom stereocenters. The second-order valence-corrected chi connectivity index (χ2v) is 17.1. The predicted octanol–water partition coefficient (Wildman–Crippen LogP) is 5.04. The van der Waals surface area contributed by atoms with Crippen LogP contribution in [0, 0.1) is 18.8 Å². The fourth-order valence-electron chi connectivity index (χ4n) is 6.48. The Morgan fingerprint density at radius 1 is 0.815 bits per heavy atom. The molecule has 292 valence electrons. The van der Waals surface area contributed by atoms with Crippen LogP contribution in [0.3, 0.4) is 0 Å². The zero-order chi connectivity index (χ0) is 39.7. The molecule has 54 heavy (non-hydrogen) atoms. The van der Waals surface area contributed by atoms with E-state index in [1.165, 1.54) is 11.3 Å². The molecule has 12 heteroatoms. The highest BCUT2D eigenvalue weighted by Crippen LogP contribution is 2.30. The van der Waals surface area contributed by atoms with Crippen LogP contribution in [0.1, 0.15) is 89.6 Å². The largest absolute Gasteiger partial charge is 0.361 e. The molecule has 2 heterocycles. The lowest BCUT2D eigenvalue weighted by Crippen LogP contribution is -2.65. The van der Waals surface area contributed by atoms with Crippen molar-refractivity contribution >= 4 is 40.7 Å². The van der Waals surface area contributed by atoms with Crippen molar-refractivity contribution in [2.45, 2.75) is 123 Å². The third kappa shape index (κ3) is 12.0. The van der Waals surface area contributed by atoms with Crippen LogP contribution in [0.25, 0.3) is 0 Å². The van der Waals surface area contributed by atoms with Crippen molar-refractivity contribution in [1.82, 2.24) is 26.3 Å². The van der Waals surface area contributed by atoms with Crippen LogP contribution in [0.15, 0.2) is 66.0 Å². The molecule has 2 aromatic carbocycles. The zero-order valence-electron chi connectivity index (χ0n) is 32.9. The van der Waals surface area contributed by atoms with Gasteiger partial charge in [0, 0.05) is 11.8 Å². The molecule has 0 bridgehead atoms. The monoisotopic (exact) mass is 759 g/mol. The van der Waals surface area contributed by atoms with Crippen LogP contribution >= 0.6 is 11.3 Å². The van der Waals surface area contributed by atoms with E-state index in [2.05, 4.69) is 26.3 Å². The molecule has 4 N–H and O–H groups in total. The standard InChI is InChI=1S/C42H57N5O6S/c1-27(2)21-33(36(49)42(8)26-53-42)44-39(52)41(7,24-31-17-13-10-14-18-31)47-37(50)34(22-28(3)4)45-38(51)40(6,20-19-30-15-11-9-12-16-30)46-35(48)23-32-25-54-29(5)43-32/h9-18,25,27-28,33-34H,19-24,26H2,1-8H3,(H,44,52)(H,45,51)(H,46,48)(H,47,50). The third-order valence-electron chi connectivity index (χ3n) is 9.74. The molecule has 11 nitrogen and oxygen atoms in total. The van der Waals surface area contributed by atoms with E-state index in [9.17, 15) is 24.0 Å². The molecule has 3 aromatic rings. The number of nitrogens with zero attached hydrogens (tertiary/aromatic N) is 1. The van der Waals surface area contributed by atoms with Gasteiger partial charge in [-0.1, -0.05) is 88.4 Å². The predicted molar refractivity (Wildman–Crippen MR) is 211 cm³/mol. The maximum Gasteiger partial charge on any atom is 0.246 e. The Balaban J connectivity index is 1.60. The van der Waals surface area contributed by atoms with Crippen molar-refractivity contribution in [3.8, 4) is 0 Å². The minimum absolute atomic E-state index is 0.00693. The van der Waals surface area contributed by atoms with Crippen molar-refractivity contribution in [3.63, 3.8) is 0 Å². The van der Waals surface area contributed by atoms with Crippen molar-refractivity contribution in [2.75, 3.05) is 6.61 Å². The molecular formula is C42H57N5O6S. The van der Waals surface area contributed by atoms with E-state index in [0.29, 0.717) is 25.1 Å². The first-order chi connectivity index (χ1) is 25.4. The highest BCUT2D eigenvalue weighted by molar-refractivity contribution is 7.09. The number of rotatable bonds is 20. The van der Waals surface area contributed by atoms with Crippen molar-refractivity contribution < 1.29 is 28.7 Å². The van der Waals surface area contributed by atoms with E-state index in [0.717, 1.165) is 16.1 Å². The maximum absolute atomic E-state index is 14.4. The summed E-state index contributed by atoms with van der Waals surface area (Å²) in [5, 5.41) is 14.5. The van der Waals surface area contributed by atoms with Crippen molar-refractivity contribution in [1.29, 1.82) is 0 Å². The first kappa shape index (κ1) is 42.3. The lowest BCUT2D eigenvalue weighted by atomic mass is 9.88. The summed E-state index contributed by atoms with van der Waals surface area (Å²) in [6.45, 7) is 15.0. The molecule has 1 fully saturated rings. The molecule has 0 spiro atoms. The molecule has 0 aliphatic carbocycles. The number of ketones is 1. The number of hydrogen-bond donors (Lipinski definition) is 4. The normalized spacial score (nSPS) is 18.5. The number of carbonyl (C=O) groups excluding carboxylic acids is 5. The molecule has 1 saturated heterocycles. The van der Waals surface area contributed by atoms with Crippen LogP contribution in [0.4, 0.5) is 0 Å². The molecular weight excluding hydrogens is 703 g/mol. The summed E-state index contributed by atoms with van der Waals surface area (Å²) in [5.41, 5.74) is -1.42. The number of aryl methyl sites for hydroxylation is 2. The molecule has 5 unspecified atom stereocenters. The van der Waals surface area contributed by atoms with Gasteiger partial charge < -0.3 is 26.0 Å². The van der Waals surface area contributed by atoms with Gasteiger partial charge in [0.15, 0.2) is 5.78 Å². The average molecular weight is 760 g/mol. The first-order valence-corrected chi connectivity index (χ1v) is 19.7. The van der Waals surface area contributed by atoms with Crippen molar-refractivity contribution in [2.24, 2.45) is 11.8 Å². The van der Waals surface area contributed by atoms with Crippen LogP contribution in [-0.4, -0.2) is 69.8 Å². The molecule has 1 aromatic heterocycles. The van der Waals surface area contributed by atoms with Gasteiger partial charge in [0.05, 0.1) is 29.8 Å². The van der Waals surface area contributed by atoms with E-state index >= 15 is 0 Å². The number of aromatic nitrogens is 1. The number of epoxide rings is 1. The summed E-state index contributed by atoms with van der Waals surface area (Å²) >= 11 is 1.45. The van der Waals surface area contributed by atoms with E-state index in [-0.39, 0.29) is 49.2 Å². The number of Topliss-reactive ketones (excluding diaryl/α,β-unsaturated/α-hetero) is 1. The van der Waals surface area contributed by atoms with E-state index in [1.54, 1.807) is 20.8 Å². The van der Waals surface area contributed by atoms with Crippen LogP contribution < -0.4 is 21.3 Å². The number of nitrogens with one attached hydrogen (secondary N) is 4. The second-order valence-electron chi connectivity index (χ2n) is 16.1. The summed E-state index contributed by atoms with van der Waals surface area (Å²) in [7, 11) is 0. The summed E-state index contributed by atoms with van der Waals surface area (Å²) in [6, 6.07) is 17.1. The number of amides is 4. The van der Waals surface area contributed by atoms with Crippen LogP contribution in [0.5, 0.6) is 0 Å². The average Bonchev–Trinajstić information content (AvgIpc) is 3.74. The van der Waals surface area contributed by atoms with Gasteiger partial charge in [-0.25, -0.2) is 4.98 Å². The Morgan fingerprint density at radius 3 is 1.89 bits per heavy atom. The number of thiazole rings is 1. The molecule has 1 aliphatic heterocycles. The number of hydrogen-bond acceptors (Lipinski definition) is 8. The maximum atomic E-state index is 14.4. The van der Waals surface area contributed by atoms with Gasteiger partial charge in [0.25, 0.3) is 0 Å². The Morgan fingerprint density at radius 2 is 1.35 bits per heavy atom. The smallest absolute Gasteiger partial charge is 0.246 e. The van der Waals surface area contributed by atoms with Gasteiger partial charge in [-0.15, -0.1) is 11.3 Å². The minimum atomic E-state index is -1.50. The number of carbonyl (C=O) groups is 5. The Bertz CT molecular complexity index is 1760. The van der Waals surface area contributed by atoms with Gasteiger partial charge >= 0.3 is 0 Å². The van der Waals surface area contributed by atoms with Gasteiger partial charge in [-0.05, 0) is 76.3 Å². The quantitative estimate of drug-likeness (QED) is 0.118. The van der Waals surface area contributed by atoms with Crippen LogP contribution in [-0.2, 0) is 48.0 Å². The zero-order valence-corrected chi connectivity index (χ0v) is 33.7. The highest BCUT2D eigenvalue weighted by Gasteiger charge is 2.51. The SMILES string of the molecule is Cc1nc(CC(=O)NC(C)(CCc2ccccc2)C(=O)NC(CC(C)C)C(=O)NC(C)(Cc2ccccc2)C(=O)NC(CC(C)C)C(=O)C2(C)CO2)cs1. The molecule has 4 amide bonds.